The molecular formula is C19H25N3O7S2. The van der Waals surface area contributed by atoms with Gasteiger partial charge in [-0.3, -0.25) is 9.59 Å². The number of methoxy groups -OCH3 is 2. The van der Waals surface area contributed by atoms with Crippen LogP contribution < -0.4 is 14.3 Å². The van der Waals surface area contributed by atoms with E-state index in [4.69, 9.17) is 14.2 Å². The van der Waals surface area contributed by atoms with Crippen molar-refractivity contribution in [2.75, 3.05) is 33.6 Å². The van der Waals surface area contributed by atoms with E-state index in [0.717, 1.165) is 11.0 Å². The zero-order valence-electron chi connectivity index (χ0n) is 17.8. The van der Waals surface area contributed by atoms with Crippen molar-refractivity contribution in [2.24, 2.45) is 4.99 Å². The number of fused-ring (bicyclic) bond motifs is 1. The molecule has 1 fully saturated rings. The maximum absolute atomic E-state index is 12.9. The molecule has 0 spiro atoms. The fourth-order valence-electron chi connectivity index (χ4n) is 3.52. The first-order valence-corrected chi connectivity index (χ1v) is 12.3. The Labute approximate surface area is 184 Å². The Morgan fingerprint density at radius 1 is 1.23 bits per heavy atom. The molecule has 2 aromatic rings. The minimum Gasteiger partial charge on any atom is -0.493 e. The molecule has 2 heterocycles. The van der Waals surface area contributed by atoms with Gasteiger partial charge in [0.1, 0.15) is 12.6 Å². The second kappa shape index (κ2) is 9.37. The van der Waals surface area contributed by atoms with Crippen molar-refractivity contribution in [1.29, 1.82) is 0 Å². The molecule has 31 heavy (non-hydrogen) atoms. The summed E-state index contributed by atoms with van der Waals surface area (Å²) in [5, 5.41) is 0. The number of hydrogen-bond donors (Lipinski definition) is 0. The van der Waals surface area contributed by atoms with E-state index in [9.17, 15) is 18.0 Å². The molecule has 1 aromatic heterocycles. The van der Waals surface area contributed by atoms with Gasteiger partial charge in [-0.1, -0.05) is 11.3 Å². The number of hydrogen-bond acceptors (Lipinski definition) is 8. The summed E-state index contributed by atoms with van der Waals surface area (Å²) in [5.74, 6) is -0.0886. The number of aromatic nitrogens is 1. The molecule has 1 saturated heterocycles. The first-order valence-electron chi connectivity index (χ1n) is 9.66. The molecule has 0 bridgehead atoms. The SMILES string of the molecule is CCOC(=O)Cn1c(=NC(=O)C2CCCN2S(C)(=O)=O)sc2cc(OC)c(OC)cc21. The highest BCUT2D eigenvalue weighted by Gasteiger charge is 2.36. The smallest absolute Gasteiger partial charge is 0.326 e. The fourth-order valence-corrected chi connectivity index (χ4v) is 5.69. The van der Waals surface area contributed by atoms with Crippen LogP contribution in [0.4, 0.5) is 0 Å². The highest BCUT2D eigenvalue weighted by atomic mass is 32.2. The van der Waals surface area contributed by atoms with Gasteiger partial charge in [0.15, 0.2) is 16.3 Å². The van der Waals surface area contributed by atoms with Crippen LogP contribution in [-0.2, 0) is 30.9 Å². The Kier molecular flexibility index (Phi) is 7.02. The molecular weight excluding hydrogens is 446 g/mol. The number of ether oxygens (including phenoxy) is 3. The van der Waals surface area contributed by atoms with Crippen LogP contribution in [0.3, 0.4) is 0 Å². The Morgan fingerprint density at radius 2 is 1.90 bits per heavy atom. The molecule has 1 aliphatic heterocycles. The number of rotatable bonds is 7. The van der Waals surface area contributed by atoms with Gasteiger partial charge in [0.05, 0.1) is 37.3 Å². The summed E-state index contributed by atoms with van der Waals surface area (Å²) in [5.41, 5.74) is 0.619. The molecule has 0 radical (unpaired) electrons. The van der Waals surface area contributed by atoms with Crippen molar-refractivity contribution in [2.45, 2.75) is 32.4 Å². The van der Waals surface area contributed by atoms with E-state index in [0.29, 0.717) is 29.9 Å². The molecule has 0 saturated carbocycles. The number of carbonyl (C=O) groups excluding carboxylic acids is 2. The number of thiazole rings is 1. The molecule has 12 heteroatoms. The number of sulfonamides is 1. The molecule has 1 aromatic carbocycles. The van der Waals surface area contributed by atoms with Crippen molar-refractivity contribution in [3.63, 3.8) is 0 Å². The molecule has 1 atom stereocenters. The van der Waals surface area contributed by atoms with Crippen molar-refractivity contribution in [1.82, 2.24) is 8.87 Å². The van der Waals surface area contributed by atoms with Crippen molar-refractivity contribution >= 4 is 43.5 Å². The quantitative estimate of drug-likeness (QED) is 0.556. The van der Waals surface area contributed by atoms with Crippen LogP contribution in [0.1, 0.15) is 19.8 Å². The van der Waals surface area contributed by atoms with Crippen LogP contribution in [0.5, 0.6) is 11.5 Å². The van der Waals surface area contributed by atoms with Crippen molar-refractivity contribution < 1.29 is 32.2 Å². The first kappa shape index (κ1) is 23.2. The van der Waals surface area contributed by atoms with Crippen LogP contribution >= 0.6 is 11.3 Å². The number of nitrogens with zero attached hydrogens (tertiary/aromatic N) is 3. The van der Waals surface area contributed by atoms with Crippen LogP contribution in [0.2, 0.25) is 0 Å². The third kappa shape index (κ3) is 4.91. The van der Waals surface area contributed by atoms with E-state index < -0.39 is 27.9 Å². The van der Waals surface area contributed by atoms with Gasteiger partial charge in [-0.15, -0.1) is 0 Å². The van der Waals surface area contributed by atoms with Gasteiger partial charge in [-0.2, -0.15) is 9.30 Å². The number of esters is 1. The second-order valence-corrected chi connectivity index (χ2v) is 9.88. The Bertz CT molecular complexity index is 1170. The average molecular weight is 472 g/mol. The molecule has 1 amide bonds. The van der Waals surface area contributed by atoms with Gasteiger partial charge in [0.2, 0.25) is 10.0 Å². The second-order valence-electron chi connectivity index (χ2n) is 6.93. The summed E-state index contributed by atoms with van der Waals surface area (Å²) in [4.78, 5) is 29.6. The summed E-state index contributed by atoms with van der Waals surface area (Å²) in [7, 11) is -0.513. The minimum absolute atomic E-state index is 0.157. The van der Waals surface area contributed by atoms with Crippen LogP contribution in [0.15, 0.2) is 17.1 Å². The largest absolute Gasteiger partial charge is 0.493 e. The summed E-state index contributed by atoms with van der Waals surface area (Å²) in [6.45, 7) is 2.05. The summed E-state index contributed by atoms with van der Waals surface area (Å²) >= 11 is 1.19. The maximum Gasteiger partial charge on any atom is 0.326 e. The van der Waals surface area contributed by atoms with E-state index in [2.05, 4.69) is 4.99 Å². The Morgan fingerprint density at radius 3 is 2.52 bits per heavy atom. The summed E-state index contributed by atoms with van der Waals surface area (Å²) < 4.78 is 43.2. The van der Waals surface area contributed by atoms with Gasteiger partial charge in [0, 0.05) is 18.7 Å². The molecule has 170 valence electrons. The Balaban J connectivity index is 2.13. The first-order chi connectivity index (χ1) is 14.7. The van der Waals surface area contributed by atoms with Crippen LogP contribution in [-0.4, -0.2) is 68.8 Å². The van der Waals surface area contributed by atoms with Crippen molar-refractivity contribution in [3.05, 3.63) is 16.9 Å². The van der Waals surface area contributed by atoms with Gasteiger partial charge < -0.3 is 18.8 Å². The normalized spacial score (nSPS) is 17.8. The van der Waals surface area contributed by atoms with E-state index >= 15 is 0 Å². The predicted molar refractivity (Wildman–Crippen MR) is 115 cm³/mol. The number of carbonyl (C=O) groups is 2. The number of amides is 1. The van der Waals surface area contributed by atoms with Crippen LogP contribution in [0, 0.1) is 0 Å². The third-order valence-corrected chi connectivity index (χ3v) is 7.23. The van der Waals surface area contributed by atoms with Gasteiger partial charge in [-0.25, -0.2) is 8.42 Å². The zero-order valence-corrected chi connectivity index (χ0v) is 19.4. The summed E-state index contributed by atoms with van der Waals surface area (Å²) in [6.07, 6.45) is 2.07. The highest BCUT2D eigenvalue weighted by Crippen LogP contribution is 2.33. The third-order valence-electron chi connectivity index (χ3n) is 4.90. The van der Waals surface area contributed by atoms with E-state index in [1.54, 1.807) is 23.6 Å². The topological polar surface area (TPSA) is 116 Å². The van der Waals surface area contributed by atoms with Crippen LogP contribution in [0.25, 0.3) is 10.2 Å². The number of benzene rings is 1. The van der Waals surface area contributed by atoms with Gasteiger partial charge in [-0.05, 0) is 19.8 Å². The maximum atomic E-state index is 12.9. The molecule has 1 aliphatic rings. The molecule has 3 rings (SSSR count). The van der Waals surface area contributed by atoms with E-state index in [-0.39, 0.29) is 24.5 Å². The zero-order chi connectivity index (χ0) is 22.8. The monoisotopic (exact) mass is 471 g/mol. The lowest BCUT2D eigenvalue weighted by Gasteiger charge is -2.18. The molecule has 10 nitrogen and oxygen atoms in total. The molecule has 1 unspecified atom stereocenters. The standard InChI is InChI=1S/C19H25N3O7S2/c1-5-29-17(23)11-21-13-9-14(27-2)15(28-3)10-16(13)30-19(21)20-18(24)12-7-6-8-22(12)31(4,25)26/h9-10,12H,5-8,11H2,1-4H3. The fraction of sp³-hybridized carbons (Fsp3) is 0.526. The van der Waals surface area contributed by atoms with E-state index in [1.165, 1.54) is 29.9 Å². The lowest BCUT2D eigenvalue weighted by atomic mass is 10.2. The lowest BCUT2D eigenvalue weighted by Crippen LogP contribution is -2.40. The Hall–Kier alpha value is -2.44. The van der Waals surface area contributed by atoms with E-state index in [1.807, 2.05) is 0 Å². The van der Waals surface area contributed by atoms with Crippen molar-refractivity contribution in [3.8, 4) is 11.5 Å². The molecule has 0 N–H and O–H groups in total. The highest BCUT2D eigenvalue weighted by molar-refractivity contribution is 7.88. The van der Waals surface area contributed by atoms with Gasteiger partial charge >= 0.3 is 5.97 Å². The van der Waals surface area contributed by atoms with Gasteiger partial charge in [0.25, 0.3) is 5.91 Å². The summed E-state index contributed by atoms with van der Waals surface area (Å²) in [6, 6.07) is 2.59. The average Bonchev–Trinajstić information content (AvgIpc) is 3.32. The predicted octanol–water partition coefficient (Wildman–Crippen LogP) is 1.13. The lowest BCUT2D eigenvalue weighted by molar-refractivity contribution is -0.143. The molecule has 0 aliphatic carbocycles. The minimum atomic E-state index is -3.53.